The molecule has 1 heterocycles. The maximum Gasteiger partial charge on any atom is 0.387 e. The molecule has 1 aromatic rings. The molecule has 0 unspecified atom stereocenters. The molecule has 1 aromatic carbocycles. The molecule has 19 heavy (non-hydrogen) atoms. The van der Waals surface area contributed by atoms with Crippen molar-refractivity contribution in [2.24, 2.45) is 5.92 Å². The zero-order valence-corrected chi connectivity index (χ0v) is 11.4. The van der Waals surface area contributed by atoms with Crippen molar-refractivity contribution in [3.05, 3.63) is 29.6 Å². The summed E-state index contributed by atoms with van der Waals surface area (Å²) >= 11 is 0. The van der Waals surface area contributed by atoms with E-state index < -0.39 is 12.4 Å². The standard InChI is InChI=1S/C13H16F3NO.ClH/c1-8-7-17-5-4-10(8)11-3-2-9(14)6-12(11)18-13(15)16;/h2-3,6,8,10,13,17H,4-5,7H2,1H3;1H/t8-,10+;/m1./s1. The Morgan fingerprint density at radius 2 is 2.11 bits per heavy atom. The van der Waals surface area contributed by atoms with Crippen LogP contribution in [0.25, 0.3) is 0 Å². The van der Waals surface area contributed by atoms with E-state index >= 15 is 0 Å². The lowest BCUT2D eigenvalue weighted by molar-refractivity contribution is -0.0510. The minimum absolute atomic E-state index is 0. The van der Waals surface area contributed by atoms with Crippen molar-refractivity contribution < 1.29 is 17.9 Å². The second-order valence-electron chi connectivity index (χ2n) is 4.64. The topological polar surface area (TPSA) is 21.3 Å². The van der Waals surface area contributed by atoms with E-state index in [1.54, 1.807) is 6.07 Å². The van der Waals surface area contributed by atoms with Crippen LogP contribution in [-0.2, 0) is 0 Å². The number of benzene rings is 1. The molecule has 1 N–H and O–H groups in total. The van der Waals surface area contributed by atoms with Crippen LogP contribution in [-0.4, -0.2) is 19.7 Å². The molecular formula is C13H17ClF3NO. The van der Waals surface area contributed by atoms with Crippen LogP contribution in [0.2, 0.25) is 0 Å². The van der Waals surface area contributed by atoms with Crippen LogP contribution in [0.4, 0.5) is 13.2 Å². The van der Waals surface area contributed by atoms with Crippen molar-refractivity contribution in [2.75, 3.05) is 13.1 Å². The number of hydrogen-bond donors (Lipinski definition) is 1. The molecule has 0 saturated carbocycles. The Labute approximate surface area is 116 Å². The van der Waals surface area contributed by atoms with Gasteiger partial charge in [0.1, 0.15) is 11.6 Å². The van der Waals surface area contributed by atoms with Gasteiger partial charge in [-0.15, -0.1) is 12.4 Å². The molecule has 0 amide bonds. The van der Waals surface area contributed by atoms with Crippen LogP contribution in [0.15, 0.2) is 18.2 Å². The first-order valence-electron chi connectivity index (χ1n) is 6.03. The molecule has 2 rings (SSSR count). The number of halogens is 4. The normalized spacial score (nSPS) is 23.0. The van der Waals surface area contributed by atoms with Gasteiger partial charge in [-0.25, -0.2) is 4.39 Å². The van der Waals surface area contributed by atoms with Crippen LogP contribution in [0.1, 0.15) is 24.8 Å². The Kier molecular flexibility index (Phi) is 5.94. The molecule has 1 fully saturated rings. The highest BCUT2D eigenvalue weighted by Crippen LogP contribution is 2.36. The molecule has 2 atom stereocenters. The van der Waals surface area contributed by atoms with Crippen LogP contribution >= 0.6 is 12.4 Å². The van der Waals surface area contributed by atoms with Gasteiger partial charge in [-0.3, -0.25) is 0 Å². The molecule has 2 nitrogen and oxygen atoms in total. The van der Waals surface area contributed by atoms with Gasteiger partial charge in [0.05, 0.1) is 0 Å². The quantitative estimate of drug-likeness (QED) is 0.920. The van der Waals surface area contributed by atoms with Crippen LogP contribution in [0, 0.1) is 11.7 Å². The number of nitrogens with one attached hydrogen (secondary N) is 1. The minimum atomic E-state index is -2.93. The SMILES string of the molecule is C[C@@H]1CNCC[C@@H]1c1ccc(F)cc1OC(F)F.Cl. The second kappa shape index (κ2) is 7.01. The van der Waals surface area contributed by atoms with E-state index in [9.17, 15) is 13.2 Å². The van der Waals surface area contributed by atoms with Crippen LogP contribution in [0.5, 0.6) is 5.75 Å². The second-order valence-corrected chi connectivity index (χ2v) is 4.64. The molecule has 0 aromatic heterocycles. The monoisotopic (exact) mass is 295 g/mol. The van der Waals surface area contributed by atoms with Gasteiger partial charge in [-0.05, 0) is 43.0 Å². The number of ether oxygens (including phenoxy) is 1. The number of alkyl halides is 2. The lowest BCUT2D eigenvalue weighted by Gasteiger charge is -2.31. The van der Waals surface area contributed by atoms with Crippen LogP contribution < -0.4 is 10.1 Å². The Morgan fingerprint density at radius 1 is 1.37 bits per heavy atom. The third-order valence-corrected chi connectivity index (χ3v) is 3.38. The van der Waals surface area contributed by atoms with E-state index in [0.29, 0.717) is 11.5 Å². The third kappa shape index (κ3) is 4.01. The molecule has 1 aliphatic heterocycles. The number of hydrogen-bond acceptors (Lipinski definition) is 2. The average Bonchev–Trinajstić information content (AvgIpc) is 2.30. The zero-order valence-electron chi connectivity index (χ0n) is 10.5. The van der Waals surface area contributed by atoms with E-state index in [1.807, 2.05) is 6.92 Å². The Hall–Kier alpha value is -0.940. The Bertz CT molecular complexity index is 417. The highest BCUT2D eigenvalue weighted by Gasteiger charge is 2.26. The highest BCUT2D eigenvalue weighted by atomic mass is 35.5. The predicted molar refractivity (Wildman–Crippen MR) is 69.7 cm³/mol. The highest BCUT2D eigenvalue weighted by molar-refractivity contribution is 5.85. The summed E-state index contributed by atoms with van der Waals surface area (Å²) < 4.78 is 42.2. The summed E-state index contributed by atoms with van der Waals surface area (Å²) in [4.78, 5) is 0. The lowest BCUT2D eigenvalue weighted by Crippen LogP contribution is -2.34. The Balaban J connectivity index is 0.00000180. The summed E-state index contributed by atoms with van der Waals surface area (Å²) in [5.74, 6) is -0.162. The van der Waals surface area contributed by atoms with Crippen molar-refractivity contribution in [3.8, 4) is 5.75 Å². The Morgan fingerprint density at radius 3 is 2.74 bits per heavy atom. The van der Waals surface area contributed by atoms with Gasteiger partial charge in [-0.1, -0.05) is 13.0 Å². The number of rotatable bonds is 3. The average molecular weight is 296 g/mol. The zero-order chi connectivity index (χ0) is 13.1. The fourth-order valence-electron chi connectivity index (χ4n) is 2.49. The fraction of sp³-hybridized carbons (Fsp3) is 0.538. The van der Waals surface area contributed by atoms with Crippen molar-refractivity contribution in [2.45, 2.75) is 25.9 Å². The molecule has 1 saturated heterocycles. The molecule has 6 heteroatoms. The smallest absolute Gasteiger partial charge is 0.387 e. The molecule has 0 spiro atoms. The molecule has 0 bridgehead atoms. The maximum atomic E-state index is 13.1. The van der Waals surface area contributed by atoms with Gasteiger partial charge in [0.25, 0.3) is 0 Å². The van der Waals surface area contributed by atoms with E-state index in [4.69, 9.17) is 0 Å². The van der Waals surface area contributed by atoms with E-state index in [1.165, 1.54) is 6.07 Å². The fourth-order valence-corrected chi connectivity index (χ4v) is 2.49. The van der Waals surface area contributed by atoms with Crippen LogP contribution in [0.3, 0.4) is 0 Å². The summed E-state index contributed by atoms with van der Waals surface area (Å²) in [6.07, 6.45) is 0.840. The van der Waals surface area contributed by atoms with Gasteiger partial charge in [0, 0.05) is 6.07 Å². The predicted octanol–water partition coefficient (Wildman–Crippen LogP) is 3.56. The van der Waals surface area contributed by atoms with Gasteiger partial charge >= 0.3 is 6.61 Å². The summed E-state index contributed by atoms with van der Waals surface area (Å²) in [5, 5.41) is 3.24. The first kappa shape index (κ1) is 16.1. The van der Waals surface area contributed by atoms with E-state index in [-0.39, 0.29) is 24.1 Å². The lowest BCUT2D eigenvalue weighted by atomic mass is 9.82. The van der Waals surface area contributed by atoms with Crippen molar-refractivity contribution in [1.29, 1.82) is 0 Å². The molecule has 108 valence electrons. The molecule has 0 aliphatic carbocycles. The first-order valence-corrected chi connectivity index (χ1v) is 6.03. The maximum absolute atomic E-state index is 13.1. The minimum Gasteiger partial charge on any atom is -0.434 e. The van der Waals surface area contributed by atoms with Crippen molar-refractivity contribution in [3.63, 3.8) is 0 Å². The first-order chi connectivity index (χ1) is 8.58. The van der Waals surface area contributed by atoms with Gasteiger partial charge < -0.3 is 10.1 Å². The third-order valence-electron chi connectivity index (χ3n) is 3.38. The summed E-state index contributed by atoms with van der Waals surface area (Å²) in [6.45, 7) is 0.783. The molecule has 0 radical (unpaired) electrons. The summed E-state index contributed by atoms with van der Waals surface area (Å²) in [5.41, 5.74) is 0.672. The van der Waals surface area contributed by atoms with E-state index in [2.05, 4.69) is 10.1 Å². The number of piperidine rings is 1. The summed E-state index contributed by atoms with van der Waals surface area (Å²) in [7, 11) is 0. The molecular weight excluding hydrogens is 279 g/mol. The van der Waals surface area contributed by atoms with Crippen molar-refractivity contribution in [1.82, 2.24) is 5.32 Å². The largest absolute Gasteiger partial charge is 0.434 e. The van der Waals surface area contributed by atoms with Gasteiger partial charge in [0.15, 0.2) is 0 Å². The molecule has 1 aliphatic rings. The van der Waals surface area contributed by atoms with E-state index in [0.717, 1.165) is 25.6 Å². The van der Waals surface area contributed by atoms with Crippen molar-refractivity contribution >= 4 is 12.4 Å². The van der Waals surface area contributed by atoms with Gasteiger partial charge in [0.2, 0.25) is 0 Å². The summed E-state index contributed by atoms with van der Waals surface area (Å²) in [6, 6.07) is 3.89. The van der Waals surface area contributed by atoms with Gasteiger partial charge in [-0.2, -0.15) is 8.78 Å².